The Morgan fingerprint density at radius 3 is 2.24 bits per heavy atom. The maximum absolute atomic E-state index is 11.3. The number of ketones is 1. The van der Waals surface area contributed by atoms with Crippen molar-refractivity contribution in [3.05, 3.63) is 40.3 Å². The molecule has 88 valence electrons. The van der Waals surface area contributed by atoms with Crippen molar-refractivity contribution in [2.45, 2.75) is 25.7 Å². The van der Waals surface area contributed by atoms with Crippen LogP contribution in [-0.4, -0.2) is 5.78 Å². The van der Waals surface area contributed by atoms with Gasteiger partial charge in [0.25, 0.3) is 0 Å². The summed E-state index contributed by atoms with van der Waals surface area (Å²) >= 11 is 5.92. The normalized spacial score (nSPS) is 10.6. The monoisotopic (exact) mass is 262 g/mol. The van der Waals surface area contributed by atoms with Crippen LogP contribution in [0.2, 0.25) is 0 Å². The number of benzene rings is 1. The number of aryl methyl sites for hydroxylation is 2. The molecule has 0 radical (unpaired) electrons. The third-order valence-corrected chi connectivity index (χ3v) is 4.18. The van der Waals surface area contributed by atoms with Gasteiger partial charge in [0, 0.05) is 9.77 Å². The molecule has 0 N–H and O–H groups in total. The summed E-state index contributed by atoms with van der Waals surface area (Å²) in [5.41, 5.74) is 3.62. The standard InChI is InChI=1S/C14H14OS2/c1-8-6-11(16)7-9(2)14(8)13-5-4-12(17-13)10(3)15/h4-7,16H,1-3H3. The fourth-order valence-electron chi connectivity index (χ4n) is 1.99. The van der Waals surface area contributed by atoms with Gasteiger partial charge in [-0.1, -0.05) is 0 Å². The van der Waals surface area contributed by atoms with Crippen LogP contribution < -0.4 is 0 Å². The van der Waals surface area contributed by atoms with Crippen LogP contribution in [0, 0.1) is 13.8 Å². The summed E-state index contributed by atoms with van der Waals surface area (Å²) in [5, 5.41) is 0. The molecule has 0 aliphatic carbocycles. The predicted octanol–water partition coefficient (Wildman–Crippen LogP) is 4.52. The van der Waals surface area contributed by atoms with Gasteiger partial charge in [0.15, 0.2) is 5.78 Å². The van der Waals surface area contributed by atoms with Crippen LogP contribution in [0.4, 0.5) is 0 Å². The minimum Gasteiger partial charge on any atom is -0.294 e. The number of thiol groups is 1. The molecule has 0 bridgehead atoms. The van der Waals surface area contributed by atoms with Crippen LogP contribution in [0.15, 0.2) is 29.2 Å². The van der Waals surface area contributed by atoms with Crippen LogP contribution in [-0.2, 0) is 0 Å². The van der Waals surface area contributed by atoms with E-state index in [9.17, 15) is 4.79 Å². The zero-order valence-corrected chi connectivity index (χ0v) is 11.8. The summed E-state index contributed by atoms with van der Waals surface area (Å²) in [6.07, 6.45) is 0. The molecule has 0 aliphatic rings. The van der Waals surface area contributed by atoms with Crippen molar-refractivity contribution in [3.63, 3.8) is 0 Å². The number of carbonyl (C=O) groups excluding carboxylic acids is 1. The number of rotatable bonds is 2. The highest BCUT2D eigenvalue weighted by atomic mass is 32.1. The lowest BCUT2D eigenvalue weighted by Gasteiger charge is -2.08. The van der Waals surface area contributed by atoms with Crippen molar-refractivity contribution < 1.29 is 4.79 Å². The van der Waals surface area contributed by atoms with E-state index in [-0.39, 0.29) is 5.78 Å². The molecule has 1 heterocycles. The van der Waals surface area contributed by atoms with E-state index in [4.69, 9.17) is 0 Å². The first-order chi connectivity index (χ1) is 7.99. The molecule has 1 aromatic heterocycles. The van der Waals surface area contributed by atoms with Crippen molar-refractivity contribution in [3.8, 4) is 10.4 Å². The Labute approximate surface area is 111 Å². The van der Waals surface area contributed by atoms with E-state index in [1.165, 1.54) is 16.7 Å². The van der Waals surface area contributed by atoms with E-state index in [2.05, 4.69) is 38.6 Å². The minimum absolute atomic E-state index is 0.127. The van der Waals surface area contributed by atoms with Crippen LogP contribution >= 0.6 is 24.0 Å². The van der Waals surface area contributed by atoms with Gasteiger partial charge < -0.3 is 0 Å². The summed E-state index contributed by atoms with van der Waals surface area (Å²) in [6, 6.07) is 8.03. The van der Waals surface area contributed by atoms with Crippen molar-refractivity contribution in [1.82, 2.24) is 0 Å². The first kappa shape index (κ1) is 12.4. The summed E-state index contributed by atoms with van der Waals surface area (Å²) in [4.78, 5) is 14.3. The van der Waals surface area contributed by atoms with Gasteiger partial charge in [0.1, 0.15) is 0 Å². The molecule has 2 rings (SSSR count). The molecular formula is C14H14OS2. The average Bonchev–Trinajstić information content (AvgIpc) is 2.65. The quantitative estimate of drug-likeness (QED) is 0.622. The van der Waals surface area contributed by atoms with Gasteiger partial charge in [-0.3, -0.25) is 4.79 Å². The van der Waals surface area contributed by atoms with E-state index in [1.807, 2.05) is 12.1 Å². The van der Waals surface area contributed by atoms with Crippen molar-refractivity contribution in [2.24, 2.45) is 0 Å². The summed E-state index contributed by atoms with van der Waals surface area (Å²) < 4.78 is 0. The second kappa shape index (κ2) is 4.67. The smallest absolute Gasteiger partial charge is 0.169 e. The molecule has 0 spiro atoms. The second-order valence-corrected chi connectivity index (χ2v) is 5.77. The highest BCUT2D eigenvalue weighted by Crippen LogP contribution is 2.34. The maximum atomic E-state index is 11.3. The van der Waals surface area contributed by atoms with Crippen LogP contribution in [0.25, 0.3) is 10.4 Å². The van der Waals surface area contributed by atoms with Crippen LogP contribution in [0.5, 0.6) is 0 Å². The van der Waals surface area contributed by atoms with Gasteiger partial charge in [0.2, 0.25) is 0 Å². The molecule has 0 saturated heterocycles. The fourth-order valence-corrected chi connectivity index (χ4v) is 3.45. The highest BCUT2D eigenvalue weighted by molar-refractivity contribution is 7.80. The lowest BCUT2D eigenvalue weighted by molar-refractivity contribution is 0.102. The number of Topliss-reactive ketones (excluding diaryl/α,β-unsaturated/α-hetero) is 1. The lowest BCUT2D eigenvalue weighted by Crippen LogP contribution is -1.86. The van der Waals surface area contributed by atoms with E-state index in [0.29, 0.717) is 0 Å². The van der Waals surface area contributed by atoms with Gasteiger partial charge in [0.05, 0.1) is 4.88 Å². The Morgan fingerprint density at radius 1 is 1.18 bits per heavy atom. The number of thiophene rings is 1. The summed E-state index contributed by atoms with van der Waals surface area (Å²) in [5.74, 6) is 0.127. The Kier molecular flexibility index (Phi) is 3.40. The zero-order valence-electron chi connectivity index (χ0n) is 10.1. The van der Waals surface area contributed by atoms with Gasteiger partial charge in [-0.05, 0) is 61.7 Å². The Hall–Kier alpha value is -1.06. The molecule has 0 saturated carbocycles. The van der Waals surface area contributed by atoms with Gasteiger partial charge in [-0.2, -0.15) is 0 Å². The summed E-state index contributed by atoms with van der Waals surface area (Å²) in [7, 11) is 0. The molecule has 0 fully saturated rings. The maximum Gasteiger partial charge on any atom is 0.169 e. The van der Waals surface area contributed by atoms with Crippen molar-refractivity contribution >= 4 is 29.7 Å². The SMILES string of the molecule is CC(=O)c1ccc(-c2c(C)cc(S)cc2C)s1. The molecule has 0 amide bonds. The largest absolute Gasteiger partial charge is 0.294 e. The Morgan fingerprint density at radius 2 is 1.76 bits per heavy atom. The Balaban J connectivity index is 2.56. The average molecular weight is 262 g/mol. The number of hydrogen-bond acceptors (Lipinski definition) is 3. The van der Waals surface area contributed by atoms with E-state index < -0.39 is 0 Å². The molecule has 2 aromatic rings. The van der Waals surface area contributed by atoms with Crippen LogP contribution in [0.3, 0.4) is 0 Å². The Bertz CT molecular complexity index is 559. The van der Waals surface area contributed by atoms with E-state index in [0.717, 1.165) is 14.6 Å². The molecule has 0 atom stereocenters. The first-order valence-electron chi connectivity index (χ1n) is 5.40. The predicted molar refractivity (Wildman–Crippen MR) is 76.5 cm³/mol. The molecular weight excluding hydrogens is 248 g/mol. The number of carbonyl (C=O) groups is 1. The zero-order chi connectivity index (χ0) is 12.6. The van der Waals surface area contributed by atoms with Crippen molar-refractivity contribution in [2.75, 3.05) is 0 Å². The van der Waals surface area contributed by atoms with Crippen LogP contribution in [0.1, 0.15) is 27.7 Å². The number of hydrogen-bond donors (Lipinski definition) is 1. The van der Waals surface area contributed by atoms with Gasteiger partial charge in [-0.15, -0.1) is 24.0 Å². The first-order valence-corrected chi connectivity index (χ1v) is 6.67. The second-order valence-electron chi connectivity index (χ2n) is 4.17. The minimum atomic E-state index is 0.127. The van der Waals surface area contributed by atoms with Crippen molar-refractivity contribution in [1.29, 1.82) is 0 Å². The third-order valence-electron chi connectivity index (χ3n) is 2.72. The molecule has 1 aromatic carbocycles. The van der Waals surface area contributed by atoms with E-state index in [1.54, 1.807) is 18.3 Å². The molecule has 0 aliphatic heterocycles. The highest BCUT2D eigenvalue weighted by Gasteiger charge is 2.11. The topological polar surface area (TPSA) is 17.1 Å². The fraction of sp³-hybridized carbons (Fsp3) is 0.214. The third kappa shape index (κ3) is 2.45. The summed E-state index contributed by atoms with van der Waals surface area (Å²) in [6.45, 7) is 5.76. The molecule has 0 unspecified atom stereocenters. The molecule has 3 heteroatoms. The van der Waals surface area contributed by atoms with E-state index >= 15 is 0 Å². The molecule has 1 nitrogen and oxygen atoms in total. The molecule has 17 heavy (non-hydrogen) atoms. The lowest BCUT2D eigenvalue weighted by atomic mass is 10.0. The van der Waals surface area contributed by atoms with Gasteiger partial charge >= 0.3 is 0 Å². The van der Waals surface area contributed by atoms with Gasteiger partial charge in [-0.25, -0.2) is 0 Å².